The third kappa shape index (κ3) is 32.3. The smallest absolute Gasteiger partial charge is 0.306 e. The van der Waals surface area contributed by atoms with Crippen molar-refractivity contribution in [3.63, 3.8) is 0 Å². The first kappa shape index (κ1) is 39.8. The molecular formula is C38H64O4. The van der Waals surface area contributed by atoms with Crippen molar-refractivity contribution >= 4 is 5.97 Å². The predicted octanol–water partition coefficient (Wildman–Crippen LogP) is 10.7. The minimum absolute atomic E-state index is 0.203. The lowest BCUT2D eigenvalue weighted by Gasteiger charge is -2.15. The van der Waals surface area contributed by atoms with Gasteiger partial charge in [0.25, 0.3) is 0 Å². The highest BCUT2D eigenvalue weighted by Crippen LogP contribution is 2.10. The molecule has 0 aliphatic heterocycles. The van der Waals surface area contributed by atoms with Gasteiger partial charge in [-0.2, -0.15) is 0 Å². The first-order valence-electron chi connectivity index (χ1n) is 17.0. The number of ether oxygens (including phenoxy) is 2. The van der Waals surface area contributed by atoms with E-state index in [1.54, 1.807) is 0 Å². The van der Waals surface area contributed by atoms with Gasteiger partial charge < -0.3 is 14.6 Å². The fraction of sp³-hybridized carbons (Fsp3) is 0.658. The summed E-state index contributed by atoms with van der Waals surface area (Å²) in [6.07, 6.45) is 46.6. The van der Waals surface area contributed by atoms with Crippen LogP contribution in [0.5, 0.6) is 0 Å². The van der Waals surface area contributed by atoms with Gasteiger partial charge in [0.1, 0.15) is 6.10 Å². The maximum atomic E-state index is 12.1. The first-order valence-corrected chi connectivity index (χ1v) is 17.0. The van der Waals surface area contributed by atoms with Crippen molar-refractivity contribution in [2.75, 3.05) is 19.8 Å². The number of hydrogen-bond acceptors (Lipinski definition) is 4. The zero-order valence-electron chi connectivity index (χ0n) is 27.2. The molecule has 4 nitrogen and oxygen atoms in total. The van der Waals surface area contributed by atoms with E-state index in [0.717, 1.165) is 70.6 Å². The van der Waals surface area contributed by atoms with E-state index in [-0.39, 0.29) is 19.2 Å². The SMILES string of the molecule is CC/C=C\C/C=C\C/C=C\C/C=C\CCCOCC(CO)OC(=O)CCCCCCC/C=C\C/C=C\CCCCCC. The fourth-order valence-corrected chi connectivity index (χ4v) is 4.24. The highest BCUT2D eigenvalue weighted by atomic mass is 16.6. The third-order valence-electron chi connectivity index (χ3n) is 6.77. The average molecular weight is 585 g/mol. The summed E-state index contributed by atoms with van der Waals surface area (Å²) in [5.74, 6) is -0.237. The molecule has 0 aromatic carbocycles. The second-order valence-electron chi connectivity index (χ2n) is 10.8. The zero-order chi connectivity index (χ0) is 30.6. The molecule has 0 radical (unpaired) electrons. The molecule has 0 aliphatic rings. The molecule has 0 bridgehead atoms. The van der Waals surface area contributed by atoms with Crippen LogP contribution >= 0.6 is 0 Å². The number of allylic oxidation sites excluding steroid dienone is 12. The maximum absolute atomic E-state index is 12.1. The van der Waals surface area contributed by atoms with Gasteiger partial charge in [-0.05, 0) is 77.0 Å². The molecule has 0 spiro atoms. The van der Waals surface area contributed by atoms with E-state index in [9.17, 15) is 9.90 Å². The van der Waals surface area contributed by atoms with Gasteiger partial charge >= 0.3 is 5.97 Å². The molecule has 1 unspecified atom stereocenters. The predicted molar refractivity (Wildman–Crippen MR) is 182 cm³/mol. The van der Waals surface area contributed by atoms with Gasteiger partial charge in [-0.25, -0.2) is 0 Å². The van der Waals surface area contributed by atoms with Gasteiger partial charge in [0.15, 0.2) is 0 Å². The molecule has 1 N–H and O–H groups in total. The van der Waals surface area contributed by atoms with E-state index < -0.39 is 6.10 Å². The number of unbranched alkanes of at least 4 members (excludes halogenated alkanes) is 10. The van der Waals surface area contributed by atoms with Gasteiger partial charge in [-0.1, -0.05) is 125 Å². The number of aliphatic hydroxyl groups is 1. The van der Waals surface area contributed by atoms with Crippen molar-refractivity contribution in [1.82, 2.24) is 0 Å². The van der Waals surface area contributed by atoms with Crippen LogP contribution in [-0.2, 0) is 14.3 Å². The Kier molecular flexibility index (Phi) is 33.2. The van der Waals surface area contributed by atoms with Crippen LogP contribution in [0.15, 0.2) is 72.9 Å². The molecule has 240 valence electrons. The molecule has 0 aliphatic carbocycles. The number of esters is 1. The Balaban J connectivity index is 3.61. The van der Waals surface area contributed by atoms with E-state index in [4.69, 9.17) is 9.47 Å². The van der Waals surface area contributed by atoms with Crippen molar-refractivity contribution in [2.24, 2.45) is 0 Å². The van der Waals surface area contributed by atoms with Crippen LogP contribution in [0.1, 0.15) is 136 Å². The Morgan fingerprint density at radius 3 is 1.62 bits per heavy atom. The Morgan fingerprint density at radius 2 is 1.07 bits per heavy atom. The Morgan fingerprint density at radius 1 is 0.595 bits per heavy atom. The van der Waals surface area contributed by atoms with Crippen molar-refractivity contribution < 1.29 is 19.4 Å². The number of carbonyl (C=O) groups is 1. The quantitative estimate of drug-likeness (QED) is 0.0518. The van der Waals surface area contributed by atoms with Gasteiger partial charge in [-0.3, -0.25) is 4.79 Å². The molecule has 0 saturated carbocycles. The van der Waals surface area contributed by atoms with E-state index in [2.05, 4.69) is 86.8 Å². The van der Waals surface area contributed by atoms with Crippen LogP contribution in [-0.4, -0.2) is 37.0 Å². The standard InChI is InChI=1S/C38H64O4/c1-3-5-7-9-11-13-15-17-19-20-21-23-25-27-29-31-33-38(40)42-37(35-39)36-41-34-32-30-28-26-24-22-18-16-14-12-10-8-6-4-2/h6,8,12-15,18-20,22,26,28,37,39H,3-5,7,9-11,16-17,21,23-25,27,29-36H2,1-2H3/b8-6-,14-12-,15-13-,20-19-,22-18-,28-26-. The summed E-state index contributed by atoms with van der Waals surface area (Å²) in [6, 6.07) is 0. The largest absolute Gasteiger partial charge is 0.457 e. The van der Waals surface area contributed by atoms with Crippen LogP contribution in [0.4, 0.5) is 0 Å². The molecule has 1 atom stereocenters. The van der Waals surface area contributed by atoms with Crippen molar-refractivity contribution in [3.8, 4) is 0 Å². The number of carbonyl (C=O) groups excluding carboxylic acids is 1. The molecule has 0 heterocycles. The molecule has 0 rings (SSSR count). The normalized spacial score (nSPS) is 13.3. The number of hydrogen-bond donors (Lipinski definition) is 1. The summed E-state index contributed by atoms with van der Waals surface area (Å²) in [5, 5.41) is 9.52. The lowest BCUT2D eigenvalue weighted by atomic mass is 10.1. The van der Waals surface area contributed by atoms with Crippen molar-refractivity contribution in [2.45, 2.75) is 142 Å². The lowest BCUT2D eigenvalue weighted by molar-refractivity contribution is -0.154. The number of rotatable bonds is 30. The van der Waals surface area contributed by atoms with E-state index in [1.807, 2.05) is 0 Å². The van der Waals surface area contributed by atoms with Crippen LogP contribution in [0.3, 0.4) is 0 Å². The van der Waals surface area contributed by atoms with Gasteiger partial charge in [0.05, 0.1) is 13.2 Å². The van der Waals surface area contributed by atoms with Crippen molar-refractivity contribution in [3.05, 3.63) is 72.9 Å². The van der Waals surface area contributed by atoms with Crippen LogP contribution in [0.2, 0.25) is 0 Å². The monoisotopic (exact) mass is 584 g/mol. The summed E-state index contributed by atoms with van der Waals surface area (Å²) in [5.41, 5.74) is 0. The summed E-state index contributed by atoms with van der Waals surface area (Å²) in [4.78, 5) is 12.1. The molecule has 0 amide bonds. The van der Waals surface area contributed by atoms with Crippen molar-refractivity contribution in [1.29, 1.82) is 0 Å². The van der Waals surface area contributed by atoms with E-state index in [1.165, 1.54) is 44.9 Å². The summed E-state index contributed by atoms with van der Waals surface area (Å²) in [7, 11) is 0. The molecule has 0 aromatic heterocycles. The minimum atomic E-state index is -0.572. The highest BCUT2D eigenvalue weighted by molar-refractivity contribution is 5.69. The summed E-state index contributed by atoms with van der Waals surface area (Å²) < 4.78 is 11.0. The van der Waals surface area contributed by atoms with E-state index in [0.29, 0.717) is 13.0 Å². The molecule has 4 heteroatoms. The van der Waals surface area contributed by atoms with Gasteiger partial charge in [0.2, 0.25) is 0 Å². The van der Waals surface area contributed by atoms with Gasteiger partial charge in [0, 0.05) is 13.0 Å². The lowest BCUT2D eigenvalue weighted by Crippen LogP contribution is -2.27. The second kappa shape index (κ2) is 35.0. The third-order valence-corrected chi connectivity index (χ3v) is 6.77. The molecule has 42 heavy (non-hydrogen) atoms. The summed E-state index contributed by atoms with van der Waals surface area (Å²) in [6.45, 7) is 5.04. The second-order valence-corrected chi connectivity index (χ2v) is 10.8. The molecular weight excluding hydrogens is 520 g/mol. The topological polar surface area (TPSA) is 55.8 Å². The average Bonchev–Trinajstić information content (AvgIpc) is 3.00. The Hall–Kier alpha value is -2.17. The van der Waals surface area contributed by atoms with E-state index >= 15 is 0 Å². The van der Waals surface area contributed by atoms with Crippen LogP contribution < -0.4 is 0 Å². The molecule has 0 aromatic rings. The molecule has 0 saturated heterocycles. The summed E-state index contributed by atoms with van der Waals surface area (Å²) >= 11 is 0. The maximum Gasteiger partial charge on any atom is 0.306 e. The van der Waals surface area contributed by atoms with Crippen LogP contribution in [0, 0.1) is 0 Å². The number of aliphatic hydroxyl groups excluding tert-OH is 1. The van der Waals surface area contributed by atoms with Crippen LogP contribution in [0.25, 0.3) is 0 Å². The zero-order valence-corrected chi connectivity index (χ0v) is 27.2. The van der Waals surface area contributed by atoms with Gasteiger partial charge in [-0.15, -0.1) is 0 Å². The first-order chi connectivity index (χ1) is 20.7. The Bertz CT molecular complexity index is 744. The molecule has 0 fully saturated rings. The fourth-order valence-electron chi connectivity index (χ4n) is 4.24. The minimum Gasteiger partial charge on any atom is -0.457 e. The highest BCUT2D eigenvalue weighted by Gasteiger charge is 2.13. The Labute approximate surface area is 259 Å².